The molecule has 1 fully saturated rings. The van der Waals surface area contributed by atoms with Gasteiger partial charge >= 0.3 is 5.69 Å². The molecular weight excluding hydrogens is 274 g/mol. The van der Waals surface area contributed by atoms with Crippen molar-refractivity contribution < 1.29 is 9.66 Å². The highest BCUT2D eigenvalue weighted by molar-refractivity contribution is 5.62. The number of aromatic nitrogens is 2. The molecule has 1 saturated heterocycles. The van der Waals surface area contributed by atoms with Gasteiger partial charge in [-0.3, -0.25) is 10.1 Å². The monoisotopic (exact) mass is 297 g/mol. The predicted octanol–water partition coefficient (Wildman–Crippen LogP) is 0.833. The number of nitrogens with two attached hydrogens (primary N) is 1. The Kier molecular flexibility index (Phi) is 4.79. The van der Waals surface area contributed by atoms with Crippen molar-refractivity contribution in [1.82, 2.24) is 9.78 Å². The molecular formula is C13H23N5O3. The van der Waals surface area contributed by atoms with Crippen LogP contribution in [0.2, 0.25) is 0 Å². The SMILES string of the molecule is CCc1nn(C)c(N2CCC(OC)CC2CN)c1[N+](=O)[O-]. The van der Waals surface area contributed by atoms with E-state index in [1.165, 1.54) is 0 Å². The van der Waals surface area contributed by atoms with Crippen molar-refractivity contribution in [2.75, 3.05) is 25.1 Å². The summed E-state index contributed by atoms with van der Waals surface area (Å²) in [4.78, 5) is 13.1. The minimum Gasteiger partial charge on any atom is -0.381 e. The van der Waals surface area contributed by atoms with Crippen LogP contribution in [0.4, 0.5) is 11.5 Å². The van der Waals surface area contributed by atoms with Gasteiger partial charge in [0.05, 0.1) is 11.0 Å². The van der Waals surface area contributed by atoms with Crippen molar-refractivity contribution in [2.24, 2.45) is 12.8 Å². The van der Waals surface area contributed by atoms with E-state index in [-0.39, 0.29) is 22.8 Å². The lowest BCUT2D eigenvalue weighted by Crippen LogP contribution is -2.49. The molecule has 2 atom stereocenters. The largest absolute Gasteiger partial charge is 0.381 e. The van der Waals surface area contributed by atoms with Gasteiger partial charge in [0.15, 0.2) is 0 Å². The smallest absolute Gasteiger partial charge is 0.334 e. The van der Waals surface area contributed by atoms with Crippen molar-refractivity contribution in [1.29, 1.82) is 0 Å². The van der Waals surface area contributed by atoms with Gasteiger partial charge in [-0.25, -0.2) is 4.68 Å². The number of methoxy groups -OCH3 is 1. The van der Waals surface area contributed by atoms with Crippen LogP contribution in [-0.4, -0.2) is 47.0 Å². The number of hydrogen-bond donors (Lipinski definition) is 1. The number of aryl methyl sites for hydroxylation is 2. The third kappa shape index (κ3) is 2.86. The van der Waals surface area contributed by atoms with E-state index in [2.05, 4.69) is 5.10 Å². The van der Waals surface area contributed by atoms with Crippen molar-refractivity contribution in [3.8, 4) is 0 Å². The van der Waals surface area contributed by atoms with Crippen LogP contribution in [0.5, 0.6) is 0 Å². The fraction of sp³-hybridized carbons (Fsp3) is 0.769. The number of anilines is 1. The summed E-state index contributed by atoms with van der Waals surface area (Å²) in [5.41, 5.74) is 6.49. The van der Waals surface area contributed by atoms with Crippen LogP contribution in [-0.2, 0) is 18.2 Å². The molecule has 8 heteroatoms. The first kappa shape index (κ1) is 15.7. The third-order valence-corrected chi connectivity index (χ3v) is 4.13. The molecule has 2 rings (SSSR count). The molecule has 1 aromatic heterocycles. The predicted molar refractivity (Wildman–Crippen MR) is 79.5 cm³/mol. The Bertz CT molecular complexity index is 516. The van der Waals surface area contributed by atoms with Gasteiger partial charge in [0.2, 0.25) is 5.82 Å². The molecule has 0 bridgehead atoms. The summed E-state index contributed by atoms with van der Waals surface area (Å²) in [5, 5.41) is 15.7. The van der Waals surface area contributed by atoms with E-state index in [0.717, 1.165) is 12.8 Å². The van der Waals surface area contributed by atoms with E-state index in [1.807, 2.05) is 11.8 Å². The van der Waals surface area contributed by atoms with Gasteiger partial charge in [-0.15, -0.1) is 0 Å². The summed E-state index contributed by atoms with van der Waals surface area (Å²) in [6.07, 6.45) is 2.30. The molecule has 0 amide bonds. The highest BCUT2D eigenvalue weighted by Crippen LogP contribution is 2.35. The number of piperidine rings is 1. The van der Waals surface area contributed by atoms with Crippen molar-refractivity contribution in [2.45, 2.75) is 38.3 Å². The molecule has 1 aliphatic rings. The fourth-order valence-electron chi connectivity index (χ4n) is 3.04. The van der Waals surface area contributed by atoms with Crippen molar-refractivity contribution >= 4 is 11.5 Å². The summed E-state index contributed by atoms with van der Waals surface area (Å²) < 4.78 is 7.01. The Labute approximate surface area is 124 Å². The summed E-state index contributed by atoms with van der Waals surface area (Å²) in [6, 6.07) is 0.0301. The second-order valence-electron chi connectivity index (χ2n) is 5.32. The van der Waals surface area contributed by atoms with E-state index in [1.54, 1.807) is 18.8 Å². The minimum atomic E-state index is -0.336. The molecule has 1 aromatic rings. The van der Waals surface area contributed by atoms with Gasteiger partial charge in [0.25, 0.3) is 0 Å². The lowest BCUT2D eigenvalue weighted by Gasteiger charge is -2.39. The summed E-state index contributed by atoms with van der Waals surface area (Å²) in [7, 11) is 3.44. The number of nitrogens with zero attached hydrogens (tertiary/aromatic N) is 4. The van der Waals surface area contributed by atoms with Gasteiger partial charge in [-0.1, -0.05) is 6.92 Å². The average Bonchev–Trinajstić information content (AvgIpc) is 2.83. The quantitative estimate of drug-likeness (QED) is 0.638. The zero-order valence-corrected chi connectivity index (χ0v) is 12.8. The van der Waals surface area contributed by atoms with Crippen molar-refractivity contribution in [3.05, 3.63) is 15.8 Å². The van der Waals surface area contributed by atoms with Crippen LogP contribution in [0.3, 0.4) is 0 Å². The van der Waals surface area contributed by atoms with Gasteiger partial charge in [-0.05, 0) is 19.3 Å². The maximum Gasteiger partial charge on any atom is 0.334 e. The maximum absolute atomic E-state index is 11.4. The second-order valence-corrected chi connectivity index (χ2v) is 5.32. The minimum absolute atomic E-state index is 0.0301. The molecule has 0 aromatic carbocycles. The summed E-state index contributed by atoms with van der Waals surface area (Å²) in [6.45, 7) is 2.99. The van der Waals surface area contributed by atoms with Gasteiger partial charge in [-0.2, -0.15) is 5.10 Å². The zero-order valence-electron chi connectivity index (χ0n) is 12.8. The zero-order chi connectivity index (χ0) is 15.6. The normalized spacial score (nSPS) is 22.6. The number of hydrogen-bond acceptors (Lipinski definition) is 6. The number of rotatable bonds is 5. The van der Waals surface area contributed by atoms with Crippen molar-refractivity contribution in [3.63, 3.8) is 0 Å². The lowest BCUT2D eigenvalue weighted by molar-refractivity contribution is -0.384. The van der Waals surface area contributed by atoms with E-state index < -0.39 is 0 Å². The Morgan fingerprint density at radius 3 is 2.81 bits per heavy atom. The molecule has 0 radical (unpaired) electrons. The van der Waals surface area contributed by atoms with E-state index in [9.17, 15) is 10.1 Å². The van der Waals surface area contributed by atoms with Gasteiger partial charge < -0.3 is 15.4 Å². The molecule has 0 spiro atoms. The Hall–Kier alpha value is -1.67. The molecule has 118 valence electrons. The Balaban J connectivity index is 2.41. The first-order chi connectivity index (χ1) is 10.0. The molecule has 2 heterocycles. The van der Waals surface area contributed by atoms with Gasteiger partial charge in [0, 0.05) is 33.3 Å². The highest BCUT2D eigenvalue weighted by atomic mass is 16.6. The molecule has 2 unspecified atom stereocenters. The van der Waals surface area contributed by atoms with Crippen LogP contribution < -0.4 is 10.6 Å². The Morgan fingerprint density at radius 1 is 1.57 bits per heavy atom. The highest BCUT2D eigenvalue weighted by Gasteiger charge is 2.36. The summed E-state index contributed by atoms with van der Waals surface area (Å²) >= 11 is 0. The first-order valence-electron chi connectivity index (χ1n) is 7.23. The van der Waals surface area contributed by atoms with E-state index >= 15 is 0 Å². The van der Waals surface area contributed by atoms with Crippen LogP contribution in [0.15, 0.2) is 0 Å². The molecule has 2 N–H and O–H groups in total. The summed E-state index contributed by atoms with van der Waals surface area (Å²) in [5.74, 6) is 0.557. The third-order valence-electron chi connectivity index (χ3n) is 4.13. The molecule has 0 saturated carbocycles. The van der Waals surface area contributed by atoms with Gasteiger partial charge in [0.1, 0.15) is 5.69 Å². The standard InChI is InChI=1S/C13H23N5O3/c1-4-11-12(18(19)20)13(16(2)15-11)17-6-5-10(21-3)7-9(17)8-14/h9-10H,4-8,14H2,1-3H3. The number of nitro groups is 1. The van der Waals surface area contributed by atoms with E-state index in [4.69, 9.17) is 10.5 Å². The van der Waals surface area contributed by atoms with Crippen LogP contribution >= 0.6 is 0 Å². The second kappa shape index (κ2) is 6.40. The molecule has 8 nitrogen and oxygen atoms in total. The first-order valence-corrected chi connectivity index (χ1v) is 7.23. The maximum atomic E-state index is 11.4. The molecule has 0 aliphatic carbocycles. The fourth-order valence-corrected chi connectivity index (χ4v) is 3.04. The topological polar surface area (TPSA) is 99.5 Å². The van der Waals surface area contributed by atoms with Crippen LogP contribution in [0.1, 0.15) is 25.5 Å². The van der Waals surface area contributed by atoms with Crippen LogP contribution in [0.25, 0.3) is 0 Å². The average molecular weight is 297 g/mol. The Morgan fingerprint density at radius 2 is 2.29 bits per heavy atom. The lowest BCUT2D eigenvalue weighted by atomic mass is 9.99. The number of ether oxygens (including phenoxy) is 1. The van der Waals surface area contributed by atoms with E-state index in [0.29, 0.717) is 31.0 Å². The van der Waals surface area contributed by atoms with Crippen LogP contribution in [0, 0.1) is 10.1 Å². The molecule has 21 heavy (non-hydrogen) atoms. The molecule has 1 aliphatic heterocycles.